The first-order valence-corrected chi connectivity index (χ1v) is 11.0. The fraction of sp³-hybridized carbons (Fsp3) is 0.238. The van der Waals surface area contributed by atoms with Gasteiger partial charge in [-0.1, -0.05) is 5.92 Å². The molecular formula is C21H20F3N5O2S. The quantitative estimate of drug-likeness (QED) is 0.543. The zero-order chi connectivity index (χ0) is 23.7. The Bertz CT molecular complexity index is 1250. The van der Waals surface area contributed by atoms with Crippen LogP contribution in [0.4, 0.5) is 13.2 Å². The van der Waals surface area contributed by atoms with Gasteiger partial charge in [-0.25, -0.2) is 32.3 Å². The lowest BCUT2D eigenvalue weighted by Crippen LogP contribution is -2.50. The number of aromatic nitrogens is 2. The lowest BCUT2D eigenvalue weighted by Gasteiger charge is -2.37. The van der Waals surface area contributed by atoms with E-state index in [9.17, 15) is 17.4 Å². The second-order valence-corrected chi connectivity index (χ2v) is 9.63. The second kappa shape index (κ2) is 8.55. The van der Waals surface area contributed by atoms with Crippen molar-refractivity contribution in [2.75, 3.05) is 19.4 Å². The Hall–Kier alpha value is -3.52. The monoisotopic (exact) mass is 463 g/mol. The Morgan fingerprint density at radius 3 is 2.75 bits per heavy atom. The van der Waals surface area contributed by atoms with Crippen LogP contribution in [-0.4, -0.2) is 49.7 Å². The lowest BCUT2D eigenvalue weighted by molar-refractivity contribution is 0.353. The molecule has 7 nitrogen and oxygen atoms in total. The Morgan fingerprint density at radius 2 is 2.16 bits per heavy atom. The number of nitrogens with two attached hydrogens (primary N) is 1. The van der Waals surface area contributed by atoms with E-state index in [-0.39, 0.29) is 41.0 Å². The zero-order valence-corrected chi connectivity index (χ0v) is 18.1. The number of benzene rings is 1. The maximum Gasteiger partial charge on any atom is 0.233 e. The minimum Gasteiger partial charge on any atom is -0.463 e. The van der Waals surface area contributed by atoms with E-state index in [1.54, 1.807) is 0 Å². The van der Waals surface area contributed by atoms with E-state index in [4.69, 9.17) is 16.9 Å². The van der Waals surface area contributed by atoms with Gasteiger partial charge in [-0.3, -0.25) is 4.31 Å². The normalized spacial score (nSPS) is 23.4. The highest BCUT2D eigenvalue weighted by Gasteiger charge is 2.39. The molecule has 0 fully saturated rings. The molecule has 11 heteroatoms. The van der Waals surface area contributed by atoms with Gasteiger partial charge in [-0.2, -0.15) is 0 Å². The van der Waals surface area contributed by atoms with Gasteiger partial charge in [0.1, 0.15) is 11.2 Å². The van der Waals surface area contributed by atoms with Gasteiger partial charge < -0.3 is 10.5 Å². The number of halogens is 3. The molecule has 0 saturated carbocycles. The van der Waals surface area contributed by atoms with Gasteiger partial charge in [-0.05, 0) is 36.6 Å². The third kappa shape index (κ3) is 4.55. The number of guanidine groups is 1. The van der Waals surface area contributed by atoms with Gasteiger partial charge in [0.2, 0.25) is 11.8 Å². The van der Waals surface area contributed by atoms with Gasteiger partial charge in [0.25, 0.3) is 0 Å². The summed E-state index contributed by atoms with van der Waals surface area (Å²) in [6, 6.07) is 2.04. The molecule has 0 saturated heterocycles. The fourth-order valence-electron chi connectivity index (χ4n) is 3.14. The van der Waals surface area contributed by atoms with Gasteiger partial charge in [0.15, 0.2) is 24.1 Å². The summed E-state index contributed by atoms with van der Waals surface area (Å²) in [4.78, 5) is 12.0. The van der Waals surface area contributed by atoms with Crippen molar-refractivity contribution in [1.29, 1.82) is 0 Å². The molecule has 2 N–H and O–H groups in total. The van der Waals surface area contributed by atoms with Gasteiger partial charge in [0, 0.05) is 12.6 Å². The Morgan fingerprint density at radius 1 is 1.44 bits per heavy atom. The summed E-state index contributed by atoms with van der Waals surface area (Å²) in [5.74, 6) is 2.38. The van der Waals surface area contributed by atoms with Crippen molar-refractivity contribution < 1.29 is 22.1 Å². The number of rotatable bonds is 5. The van der Waals surface area contributed by atoms with Crippen molar-refractivity contribution in [1.82, 2.24) is 14.3 Å². The van der Waals surface area contributed by atoms with Crippen LogP contribution in [0.5, 0.6) is 5.88 Å². The predicted molar refractivity (Wildman–Crippen MR) is 119 cm³/mol. The maximum atomic E-state index is 14.7. The lowest BCUT2D eigenvalue weighted by atomic mass is 9.92. The third-order valence-corrected chi connectivity index (χ3v) is 6.99. The summed E-state index contributed by atoms with van der Waals surface area (Å²) < 4.78 is 62.9. The molecule has 32 heavy (non-hydrogen) atoms. The van der Waals surface area contributed by atoms with Crippen molar-refractivity contribution in [3.8, 4) is 18.2 Å². The molecule has 1 aromatic heterocycles. The summed E-state index contributed by atoms with van der Waals surface area (Å²) in [7, 11) is -1.48. The average Bonchev–Trinajstić information content (AvgIpc) is 2.72. The predicted octanol–water partition coefficient (Wildman–Crippen LogP) is 2.34. The van der Waals surface area contributed by atoms with E-state index in [0.29, 0.717) is 0 Å². The Kier molecular flexibility index (Phi) is 6.18. The molecule has 0 amide bonds. The molecule has 0 bridgehead atoms. The molecule has 1 aliphatic rings. The van der Waals surface area contributed by atoms with E-state index < -0.39 is 32.7 Å². The van der Waals surface area contributed by atoms with Crippen LogP contribution in [-0.2, 0) is 15.2 Å². The minimum absolute atomic E-state index is 0.00431. The highest BCUT2D eigenvalue weighted by atomic mass is 32.2. The summed E-state index contributed by atoms with van der Waals surface area (Å²) >= 11 is 0. The van der Waals surface area contributed by atoms with Crippen LogP contribution in [0.15, 0.2) is 29.5 Å². The number of hydrogen-bond acceptors (Lipinski definition) is 6. The third-order valence-electron chi connectivity index (χ3n) is 4.79. The SMILES string of the molecule is C#CCOc1cnc(/C(F)=C/c2cc(F)c(F)c([C@]3(C)CS(=C)(=O)N(C)C(N)=N3)c2)cn1. The summed E-state index contributed by atoms with van der Waals surface area (Å²) in [6.45, 7) is 1.44. The Labute approximate surface area is 184 Å². The first-order chi connectivity index (χ1) is 15.0. The minimum atomic E-state index is -2.93. The van der Waals surface area contributed by atoms with Gasteiger partial charge in [-0.15, -0.1) is 6.42 Å². The fourth-order valence-corrected chi connectivity index (χ4v) is 4.81. The summed E-state index contributed by atoms with van der Waals surface area (Å²) in [6.07, 6.45) is 8.33. The zero-order valence-electron chi connectivity index (χ0n) is 17.3. The largest absolute Gasteiger partial charge is 0.463 e. The first-order valence-electron chi connectivity index (χ1n) is 9.16. The average molecular weight is 463 g/mol. The van der Waals surface area contributed by atoms with Crippen LogP contribution in [0.1, 0.15) is 23.7 Å². The molecule has 1 unspecified atom stereocenters. The van der Waals surface area contributed by atoms with Crippen LogP contribution in [0.3, 0.4) is 0 Å². The van der Waals surface area contributed by atoms with Crippen molar-refractivity contribution in [3.05, 3.63) is 53.0 Å². The van der Waals surface area contributed by atoms with Crippen LogP contribution < -0.4 is 10.5 Å². The topological polar surface area (TPSA) is 93.7 Å². The number of nitrogens with zero attached hydrogens (tertiary/aromatic N) is 4. The van der Waals surface area contributed by atoms with Crippen LogP contribution in [0.2, 0.25) is 0 Å². The summed E-state index contributed by atoms with van der Waals surface area (Å²) in [5, 5.41) is 0. The molecule has 1 aliphatic heterocycles. The summed E-state index contributed by atoms with van der Waals surface area (Å²) in [5.41, 5.74) is 3.96. The smallest absolute Gasteiger partial charge is 0.233 e. The van der Waals surface area contributed by atoms with E-state index in [2.05, 4.69) is 26.8 Å². The van der Waals surface area contributed by atoms with Crippen molar-refractivity contribution in [2.24, 2.45) is 10.7 Å². The molecule has 3 rings (SSSR count). The molecule has 168 valence electrons. The van der Waals surface area contributed by atoms with Crippen molar-refractivity contribution in [3.63, 3.8) is 0 Å². The maximum absolute atomic E-state index is 14.7. The molecular weight excluding hydrogens is 443 g/mol. The first kappa shape index (κ1) is 23.1. The Balaban J connectivity index is 2.01. The van der Waals surface area contributed by atoms with Gasteiger partial charge >= 0.3 is 0 Å². The van der Waals surface area contributed by atoms with Crippen molar-refractivity contribution >= 4 is 33.4 Å². The van der Waals surface area contributed by atoms with Crippen LogP contribution >= 0.6 is 0 Å². The molecule has 1 aromatic carbocycles. The standard InChI is InChI=1S/C21H20F3N5O2S/c1-5-6-31-18-11-26-17(10-27-18)15(22)8-13-7-14(19(24)16(23)9-13)21(2)12-32(4,30)29(3)20(25)28-21/h1,7-11H,4,6,12H2,2-3H3,(H2,25,28)/b15-8-/t21-,32?/m0/s1. The van der Waals surface area contributed by atoms with E-state index in [0.717, 1.165) is 18.3 Å². The number of ether oxygens (including phenoxy) is 1. The molecule has 2 aromatic rings. The molecule has 0 radical (unpaired) electrons. The highest BCUT2D eigenvalue weighted by Crippen LogP contribution is 2.35. The number of hydrogen-bond donors (Lipinski definition) is 1. The number of aliphatic imine (C=N–C) groups is 1. The molecule has 2 atom stereocenters. The molecule has 0 aliphatic carbocycles. The van der Waals surface area contributed by atoms with Gasteiger partial charge in [0.05, 0.1) is 27.9 Å². The molecule has 2 heterocycles. The van der Waals surface area contributed by atoms with E-state index >= 15 is 0 Å². The van der Waals surface area contributed by atoms with Crippen LogP contribution in [0.25, 0.3) is 11.9 Å². The van der Waals surface area contributed by atoms with E-state index in [1.807, 2.05) is 0 Å². The van der Waals surface area contributed by atoms with Crippen LogP contribution in [0, 0.1) is 24.0 Å². The second-order valence-electron chi connectivity index (χ2n) is 7.25. The molecule has 0 spiro atoms. The highest BCUT2D eigenvalue weighted by molar-refractivity contribution is 7.98. The number of terminal acetylenes is 1. The van der Waals surface area contributed by atoms with Crippen molar-refractivity contribution in [2.45, 2.75) is 12.5 Å². The van der Waals surface area contributed by atoms with E-state index in [1.165, 1.54) is 30.5 Å².